The van der Waals surface area contributed by atoms with Gasteiger partial charge in [-0.1, -0.05) is 13.3 Å². The van der Waals surface area contributed by atoms with Gasteiger partial charge in [0.1, 0.15) is 6.54 Å². The van der Waals surface area contributed by atoms with Gasteiger partial charge in [0, 0.05) is 11.3 Å². The van der Waals surface area contributed by atoms with Crippen molar-refractivity contribution in [2.45, 2.75) is 38.4 Å². The summed E-state index contributed by atoms with van der Waals surface area (Å²) in [5, 5.41) is 4.38. The lowest BCUT2D eigenvalue weighted by Gasteiger charge is -2.22. The van der Waals surface area contributed by atoms with Gasteiger partial charge in [-0.15, -0.1) is 0 Å². The van der Waals surface area contributed by atoms with Crippen molar-refractivity contribution < 1.29 is 22.8 Å². The fourth-order valence-electron chi connectivity index (χ4n) is 1.89. The summed E-state index contributed by atoms with van der Waals surface area (Å²) in [7, 11) is 0. The molecule has 0 aliphatic heterocycles. The van der Waals surface area contributed by atoms with Crippen molar-refractivity contribution in [3.63, 3.8) is 0 Å². The molecule has 2 amide bonds. The summed E-state index contributed by atoms with van der Waals surface area (Å²) in [6.45, 7) is 2.13. The number of halogens is 3. The lowest BCUT2D eigenvalue weighted by molar-refractivity contribution is -0.123. The summed E-state index contributed by atoms with van der Waals surface area (Å²) in [5.74, 6) is -1.21. The Morgan fingerprint density at radius 2 is 1.74 bits per heavy atom. The zero-order valence-electron chi connectivity index (χ0n) is 13.0. The number of hydrogen-bond acceptors (Lipinski definition) is 3. The third kappa shape index (κ3) is 6.27. The highest BCUT2D eigenvalue weighted by atomic mass is 19.4. The van der Waals surface area contributed by atoms with E-state index in [4.69, 9.17) is 5.73 Å². The van der Waals surface area contributed by atoms with Gasteiger partial charge in [0.25, 0.3) is 5.91 Å². The molecule has 0 heterocycles. The van der Waals surface area contributed by atoms with Crippen LogP contribution in [0, 0.1) is 0 Å². The molecule has 1 rings (SSSR count). The van der Waals surface area contributed by atoms with Gasteiger partial charge in [-0.05, 0) is 37.6 Å². The minimum absolute atomic E-state index is 0.0660. The lowest BCUT2D eigenvalue weighted by atomic mass is 9.96. The Hall–Kier alpha value is -2.09. The van der Waals surface area contributed by atoms with E-state index >= 15 is 0 Å². The Kier molecular flexibility index (Phi) is 6.14. The zero-order valence-corrected chi connectivity index (χ0v) is 13.0. The Morgan fingerprint density at radius 1 is 1.17 bits per heavy atom. The van der Waals surface area contributed by atoms with E-state index in [-0.39, 0.29) is 11.5 Å². The van der Waals surface area contributed by atoms with Crippen LogP contribution in [0.5, 0.6) is 0 Å². The predicted octanol–water partition coefficient (Wildman–Crippen LogP) is 2.43. The first-order chi connectivity index (χ1) is 10.5. The van der Waals surface area contributed by atoms with Crippen LogP contribution in [0.25, 0.3) is 0 Å². The van der Waals surface area contributed by atoms with Gasteiger partial charge in [-0.25, -0.2) is 0 Å². The summed E-state index contributed by atoms with van der Waals surface area (Å²) < 4.78 is 36.1. The third-order valence-corrected chi connectivity index (χ3v) is 3.14. The van der Waals surface area contributed by atoms with Crippen molar-refractivity contribution in [1.29, 1.82) is 0 Å². The molecular weight excluding hydrogens is 311 g/mol. The molecule has 23 heavy (non-hydrogen) atoms. The second-order valence-electron chi connectivity index (χ2n) is 5.50. The minimum Gasteiger partial charge on any atom is -0.343 e. The molecule has 0 aliphatic rings. The average molecular weight is 331 g/mol. The molecule has 0 bridgehead atoms. The SMILES string of the molecule is CCCC(C)(N)C(=O)Nc1ccc(C(=O)NCC(F)(F)F)cc1. The largest absolute Gasteiger partial charge is 0.405 e. The third-order valence-electron chi connectivity index (χ3n) is 3.14. The van der Waals surface area contributed by atoms with E-state index in [0.29, 0.717) is 12.1 Å². The highest BCUT2D eigenvalue weighted by molar-refractivity contribution is 5.98. The Labute approximate surface area is 132 Å². The van der Waals surface area contributed by atoms with Crippen molar-refractivity contribution in [1.82, 2.24) is 5.32 Å². The number of nitrogens with two attached hydrogens (primary N) is 1. The van der Waals surface area contributed by atoms with Crippen molar-refractivity contribution >= 4 is 17.5 Å². The minimum atomic E-state index is -4.46. The van der Waals surface area contributed by atoms with Gasteiger partial charge in [0.2, 0.25) is 5.91 Å². The molecule has 0 saturated carbocycles. The van der Waals surface area contributed by atoms with E-state index in [1.54, 1.807) is 12.2 Å². The van der Waals surface area contributed by atoms with Crippen LogP contribution in [0.1, 0.15) is 37.0 Å². The van der Waals surface area contributed by atoms with Gasteiger partial charge in [-0.2, -0.15) is 13.2 Å². The first-order valence-corrected chi connectivity index (χ1v) is 7.10. The number of anilines is 1. The number of carbonyl (C=O) groups excluding carboxylic acids is 2. The number of carbonyl (C=O) groups is 2. The number of alkyl halides is 3. The molecular formula is C15H20F3N3O2. The summed E-state index contributed by atoms with van der Waals surface area (Å²) in [6.07, 6.45) is -3.20. The zero-order chi connectivity index (χ0) is 17.7. The van der Waals surface area contributed by atoms with Gasteiger partial charge in [0.15, 0.2) is 0 Å². The fourth-order valence-corrected chi connectivity index (χ4v) is 1.89. The second-order valence-corrected chi connectivity index (χ2v) is 5.50. The van der Waals surface area contributed by atoms with Gasteiger partial charge in [-0.3, -0.25) is 9.59 Å². The van der Waals surface area contributed by atoms with E-state index in [2.05, 4.69) is 5.32 Å². The molecule has 0 saturated heterocycles. The standard InChI is InChI=1S/C15H20F3N3O2/c1-3-8-14(2,19)13(23)21-11-6-4-10(5-7-11)12(22)20-9-15(16,17)18/h4-7H,3,8-9,19H2,1-2H3,(H,20,22)(H,21,23). The van der Waals surface area contributed by atoms with Crippen LogP contribution >= 0.6 is 0 Å². The molecule has 1 aromatic rings. The number of amides is 2. The van der Waals surface area contributed by atoms with Crippen molar-refractivity contribution in [3.05, 3.63) is 29.8 Å². The average Bonchev–Trinajstić information content (AvgIpc) is 2.44. The Bertz CT molecular complexity index is 554. The normalized spacial score (nSPS) is 14.0. The summed E-state index contributed by atoms with van der Waals surface area (Å²) in [6, 6.07) is 5.52. The highest BCUT2D eigenvalue weighted by Crippen LogP contribution is 2.16. The van der Waals surface area contributed by atoms with Crippen LogP contribution in [0.4, 0.5) is 18.9 Å². The number of benzene rings is 1. The smallest absolute Gasteiger partial charge is 0.343 e. The van der Waals surface area contributed by atoms with Gasteiger partial charge in [0.05, 0.1) is 5.54 Å². The maximum absolute atomic E-state index is 12.0. The molecule has 5 nitrogen and oxygen atoms in total. The topological polar surface area (TPSA) is 84.2 Å². The maximum atomic E-state index is 12.0. The molecule has 0 aromatic heterocycles. The molecule has 0 aliphatic carbocycles. The van der Waals surface area contributed by atoms with Crippen molar-refractivity contribution in [3.8, 4) is 0 Å². The summed E-state index contributed by atoms with van der Waals surface area (Å²) >= 11 is 0. The van der Waals surface area contributed by atoms with E-state index in [9.17, 15) is 22.8 Å². The first kappa shape index (κ1) is 19.0. The maximum Gasteiger partial charge on any atom is 0.405 e. The van der Waals surface area contributed by atoms with Crippen LogP contribution in [0.3, 0.4) is 0 Å². The van der Waals surface area contributed by atoms with E-state index in [1.807, 2.05) is 6.92 Å². The van der Waals surface area contributed by atoms with Crippen molar-refractivity contribution in [2.75, 3.05) is 11.9 Å². The molecule has 128 valence electrons. The first-order valence-electron chi connectivity index (χ1n) is 7.10. The van der Waals surface area contributed by atoms with Crippen LogP contribution in [0.2, 0.25) is 0 Å². The monoisotopic (exact) mass is 331 g/mol. The van der Waals surface area contributed by atoms with E-state index < -0.39 is 24.2 Å². The molecule has 4 N–H and O–H groups in total. The fraction of sp³-hybridized carbons (Fsp3) is 0.467. The van der Waals surface area contributed by atoms with Crippen LogP contribution in [-0.4, -0.2) is 30.1 Å². The molecule has 0 radical (unpaired) electrons. The van der Waals surface area contributed by atoms with Crippen LogP contribution < -0.4 is 16.4 Å². The number of hydrogen-bond donors (Lipinski definition) is 3. The Balaban J connectivity index is 2.66. The van der Waals surface area contributed by atoms with Gasteiger partial charge < -0.3 is 16.4 Å². The number of nitrogens with one attached hydrogen (secondary N) is 2. The molecule has 0 spiro atoms. The predicted molar refractivity (Wildman–Crippen MR) is 81.0 cm³/mol. The summed E-state index contributed by atoms with van der Waals surface area (Å²) in [4.78, 5) is 23.6. The molecule has 1 atom stereocenters. The highest BCUT2D eigenvalue weighted by Gasteiger charge is 2.28. The Morgan fingerprint density at radius 3 is 2.22 bits per heavy atom. The molecule has 0 fully saturated rings. The molecule has 1 unspecified atom stereocenters. The van der Waals surface area contributed by atoms with Gasteiger partial charge >= 0.3 is 6.18 Å². The second kappa shape index (κ2) is 7.45. The quantitative estimate of drug-likeness (QED) is 0.748. The van der Waals surface area contributed by atoms with E-state index in [1.165, 1.54) is 24.3 Å². The number of rotatable bonds is 6. The molecule has 1 aromatic carbocycles. The van der Waals surface area contributed by atoms with Crippen LogP contribution in [-0.2, 0) is 4.79 Å². The molecule has 8 heteroatoms. The van der Waals surface area contributed by atoms with Crippen molar-refractivity contribution in [2.24, 2.45) is 5.73 Å². The van der Waals surface area contributed by atoms with E-state index in [0.717, 1.165) is 6.42 Å². The summed E-state index contributed by atoms with van der Waals surface area (Å²) in [5.41, 5.74) is 5.36. The van der Waals surface area contributed by atoms with Crippen LogP contribution in [0.15, 0.2) is 24.3 Å². The lowest BCUT2D eigenvalue weighted by Crippen LogP contribution is -2.48.